The Bertz CT molecular complexity index is 107. The standard InChI is InChI=1S/C7H14.C3H7NO.C2H6/c1-7-5-3-2-4-6-7;4-3-1-5-2-3;1-2/h7H,2-6H2,1H3;3H,1-2,4H2;1-2H3. The first-order valence-corrected chi connectivity index (χ1v) is 6.12. The van der Waals surface area contributed by atoms with Gasteiger partial charge in [-0.25, -0.2) is 0 Å². The van der Waals surface area contributed by atoms with Crippen LogP contribution in [0.15, 0.2) is 0 Å². The largest absolute Gasteiger partial charge is 0.378 e. The highest BCUT2D eigenvalue weighted by molar-refractivity contribution is 4.65. The van der Waals surface area contributed by atoms with E-state index in [2.05, 4.69) is 6.92 Å². The van der Waals surface area contributed by atoms with Crippen LogP contribution in [0.1, 0.15) is 52.9 Å². The van der Waals surface area contributed by atoms with Gasteiger partial charge in [0.2, 0.25) is 0 Å². The van der Waals surface area contributed by atoms with Gasteiger partial charge in [-0.1, -0.05) is 52.9 Å². The van der Waals surface area contributed by atoms with Crippen molar-refractivity contribution >= 4 is 0 Å². The van der Waals surface area contributed by atoms with Crippen LogP contribution in [-0.2, 0) is 4.74 Å². The van der Waals surface area contributed by atoms with Crippen LogP contribution in [0.25, 0.3) is 0 Å². The Morgan fingerprint density at radius 2 is 1.43 bits per heavy atom. The van der Waals surface area contributed by atoms with Crippen molar-refractivity contribution in [1.29, 1.82) is 0 Å². The molecule has 1 saturated heterocycles. The molecule has 0 atom stereocenters. The van der Waals surface area contributed by atoms with Crippen LogP contribution in [0.5, 0.6) is 0 Å². The normalized spacial score (nSPS) is 22.3. The molecular formula is C12H27NO. The summed E-state index contributed by atoms with van der Waals surface area (Å²) < 4.78 is 4.71. The van der Waals surface area contributed by atoms with Gasteiger partial charge in [-0.05, 0) is 5.92 Å². The molecule has 0 bridgehead atoms. The van der Waals surface area contributed by atoms with Gasteiger partial charge < -0.3 is 10.5 Å². The zero-order chi connectivity index (χ0) is 10.8. The molecule has 0 aromatic rings. The van der Waals surface area contributed by atoms with Crippen LogP contribution in [0.3, 0.4) is 0 Å². The Hall–Kier alpha value is -0.0800. The van der Waals surface area contributed by atoms with Crippen LogP contribution in [-0.4, -0.2) is 19.3 Å². The van der Waals surface area contributed by atoms with Gasteiger partial charge in [0, 0.05) is 0 Å². The Kier molecular flexibility index (Phi) is 9.42. The number of ether oxygens (including phenoxy) is 1. The molecule has 2 heteroatoms. The van der Waals surface area contributed by atoms with Crippen molar-refractivity contribution in [3.63, 3.8) is 0 Å². The van der Waals surface area contributed by atoms with E-state index < -0.39 is 0 Å². The molecule has 0 aromatic heterocycles. The van der Waals surface area contributed by atoms with E-state index >= 15 is 0 Å². The minimum atomic E-state index is 0.343. The predicted molar refractivity (Wildman–Crippen MR) is 62.4 cm³/mol. The van der Waals surface area contributed by atoms with Crippen molar-refractivity contribution in [3.05, 3.63) is 0 Å². The zero-order valence-electron chi connectivity index (χ0n) is 10.1. The van der Waals surface area contributed by atoms with Gasteiger partial charge >= 0.3 is 0 Å². The van der Waals surface area contributed by atoms with E-state index in [1.165, 1.54) is 32.1 Å². The van der Waals surface area contributed by atoms with Crippen molar-refractivity contribution < 1.29 is 4.74 Å². The quantitative estimate of drug-likeness (QED) is 0.654. The molecule has 14 heavy (non-hydrogen) atoms. The van der Waals surface area contributed by atoms with Crippen molar-refractivity contribution in [3.8, 4) is 0 Å². The third-order valence-corrected chi connectivity index (χ3v) is 2.56. The van der Waals surface area contributed by atoms with Gasteiger partial charge in [0.1, 0.15) is 0 Å². The first-order valence-electron chi connectivity index (χ1n) is 6.12. The van der Waals surface area contributed by atoms with Crippen LogP contribution < -0.4 is 5.73 Å². The average molecular weight is 201 g/mol. The molecule has 2 fully saturated rings. The van der Waals surface area contributed by atoms with E-state index in [-0.39, 0.29) is 0 Å². The SMILES string of the molecule is CC.CC1CCCCC1.NC1COC1. The summed E-state index contributed by atoms with van der Waals surface area (Å²) in [6.45, 7) is 7.89. The third kappa shape index (κ3) is 7.34. The van der Waals surface area contributed by atoms with E-state index in [1.54, 1.807) is 0 Å². The van der Waals surface area contributed by atoms with E-state index in [1.807, 2.05) is 13.8 Å². The monoisotopic (exact) mass is 201 g/mol. The first-order chi connectivity index (χ1) is 6.79. The Morgan fingerprint density at radius 3 is 1.57 bits per heavy atom. The van der Waals surface area contributed by atoms with E-state index in [4.69, 9.17) is 10.5 Å². The van der Waals surface area contributed by atoms with Crippen LogP contribution >= 0.6 is 0 Å². The molecule has 0 radical (unpaired) electrons. The molecule has 1 saturated carbocycles. The number of hydrogen-bond acceptors (Lipinski definition) is 2. The summed E-state index contributed by atoms with van der Waals surface area (Å²) in [5.41, 5.74) is 5.25. The first kappa shape index (κ1) is 13.9. The number of rotatable bonds is 0. The fourth-order valence-electron chi connectivity index (χ4n) is 1.56. The summed E-state index contributed by atoms with van der Waals surface area (Å²) >= 11 is 0. The summed E-state index contributed by atoms with van der Waals surface area (Å²) in [6, 6.07) is 0.343. The molecule has 1 heterocycles. The maximum Gasteiger partial charge on any atom is 0.0640 e. The molecule has 0 amide bonds. The van der Waals surface area contributed by atoms with Crippen LogP contribution in [0, 0.1) is 5.92 Å². The number of hydrogen-bond donors (Lipinski definition) is 1. The van der Waals surface area contributed by atoms with Gasteiger partial charge in [-0.15, -0.1) is 0 Å². The van der Waals surface area contributed by atoms with Gasteiger partial charge in [-0.2, -0.15) is 0 Å². The highest BCUT2D eigenvalue weighted by Gasteiger charge is 2.10. The maximum atomic E-state index is 5.25. The molecular weight excluding hydrogens is 174 g/mol. The van der Waals surface area contributed by atoms with Crippen molar-refractivity contribution in [2.45, 2.75) is 58.9 Å². The van der Waals surface area contributed by atoms with E-state index in [0.29, 0.717) is 6.04 Å². The molecule has 2 aliphatic rings. The van der Waals surface area contributed by atoms with Crippen LogP contribution in [0.2, 0.25) is 0 Å². The number of nitrogens with two attached hydrogens (primary N) is 1. The lowest BCUT2D eigenvalue weighted by atomic mass is 9.91. The lowest BCUT2D eigenvalue weighted by Gasteiger charge is -2.20. The Balaban J connectivity index is 0.000000213. The fourth-order valence-corrected chi connectivity index (χ4v) is 1.56. The lowest BCUT2D eigenvalue weighted by Crippen LogP contribution is -2.41. The van der Waals surface area contributed by atoms with E-state index in [9.17, 15) is 0 Å². The Labute approximate surface area is 89.2 Å². The summed E-state index contributed by atoms with van der Waals surface area (Å²) in [7, 11) is 0. The fraction of sp³-hybridized carbons (Fsp3) is 1.00. The predicted octanol–water partition coefficient (Wildman–Crippen LogP) is 2.96. The Morgan fingerprint density at radius 1 is 1.00 bits per heavy atom. The molecule has 0 aromatic carbocycles. The lowest BCUT2D eigenvalue weighted by molar-refractivity contribution is 0.0121. The zero-order valence-corrected chi connectivity index (χ0v) is 10.1. The van der Waals surface area contributed by atoms with Gasteiger partial charge in [-0.3, -0.25) is 0 Å². The second-order valence-corrected chi connectivity index (χ2v) is 4.04. The van der Waals surface area contributed by atoms with Crippen molar-refractivity contribution in [2.75, 3.05) is 13.2 Å². The molecule has 1 aliphatic heterocycles. The van der Waals surface area contributed by atoms with Gasteiger partial charge in [0.25, 0.3) is 0 Å². The molecule has 2 rings (SSSR count). The molecule has 1 aliphatic carbocycles. The molecule has 2 N–H and O–H groups in total. The van der Waals surface area contributed by atoms with Crippen LogP contribution in [0.4, 0.5) is 0 Å². The van der Waals surface area contributed by atoms with Gasteiger partial charge in [0.05, 0.1) is 19.3 Å². The summed E-state index contributed by atoms with van der Waals surface area (Å²) in [6.07, 6.45) is 7.44. The van der Waals surface area contributed by atoms with Gasteiger partial charge in [0.15, 0.2) is 0 Å². The molecule has 0 unspecified atom stereocenters. The third-order valence-electron chi connectivity index (χ3n) is 2.56. The van der Waals surface area contributed by atoms with E-state index in [0.717, 1.165) is 19.1 Å². The summed E-state index contributed by atoms with van der Waals surface area (Å²) in [5, 5.41) is 0. The smallest absolute Gasteiger partial charge is 0.0640 e. The van der Waals surface area contributed by atoms with Crippen molar-refractivity contribution in [1.82, 2.24) is 0 Å². The molecule has 0 spiro atoms. The topological polar surface area (TPSA) is 35.2 Å². The summed E-state index contributed by atoms with van der Waals surface area (Å²) in [5.74, 6) is 1.04. The summed E-state index contributed by atoms with van der Waals surface area (Å²) in [4.78, 5) is 0. The van der Waals surface area contributed by atoms with Crippen molar-refractivity contribution in [2.24, 2.45) is 11.7 Å². The second-order valence-electron chi connectivity index (χ2n) is 4.04. The average Bonchev–Trinajstić information content (AvgIpc) is 2.20. The molecule has 86 valence electrons. The second kappa shape index (κ2) is 9.47. The maximum absolute atomic E-state index is 5.25. The highest BCUT2D eigenvalue weighted by Crippen LogP contribution is 2.22. The molecule has 2 nitrogen and oxygen atoms in total. The minimum absolute atomic E-state index is 0.343. The highest BCUT2D eigenvalue weighted by atomic mass is 16.5. The minimum Gasteiger partial charge on any atom is -0.378 e.